The molecule has 1 aliphatic rings. The van der Waals surface area contributed by atoms with Crippen molar-refractivity contribution in [2.24, 2.45) is 5.92 Å². The zero-order chi connectivity index (χ0) is 14.1. The van der Waals surface area contributed by atoms with E-state index in [9.17, 15) is 0 Å². The number of nitrogens with one attached hydrogen (secondary N) is 1. The quantitative estimate of drug-likeness (QED) is 0.840. The fourth-order valence-electron chi connectivity index (χ4n) is 2.90. The average Bonchev–Trinajstić information content (AvgIpc) is 3.16. The average molecular weight is 274 g/mol. The van der Waals surface area contributed by atoms with E-state index in [-0.39, 0.29) is 6.61 Å². The molecule has 1 atom stereocenters. The van der Waals surface area contributed by atoms with Crippen LogP contribution in [0.1, 0.15) is 36.3 Å². The van der Waals surface area contributed by atoms with Crippen LogP contribution in [-0.2, 0) is 6.54 Å². The lowest BCUT2D eigenvalue weighted by atomic mass is 10.1. The van der Waals surface area contributed by atoms with Crippen molar-refractivity contribution in [3.05, 3.63) is 29.3 Å². The summed E-state index contributed by atoms with van der Waals surface area (Å²) >= 11 is 0. The number of aromatic nitrogens is 3. The molecule has 0 aromatic carbocycles. The Balaban J connectivity index is 1.77. The summed E-state index contributed by atoms with van der Waals surface area (Å²) in [6.45, 7) is 5.10. The summed E-state index contributed by atoms with van der Waals surface area (Å²) in [6.07, 6.45) is 5.29. The lowest BCUT2D eigenvalue weighted by Gasteiger charge is -2.17. The van der Waals surface area contributed by atoms with Crippen LogP contribution in [0.25, 0.3) is 5.78 Å². The Kier molecular flexibility index (Phi) is 3.72. The van der Waals surface area contributed by atoms with E-state index >= 15 is 0 Å². The molecule has 2 aromatic heterocycles. The Morgan fingerprint density at radius 3 is 2.95 bits per heavy atom. The molecule has 0 aliphatic heterocycles. The molecule has 20 heavy (non-hydrogen) atoms. The van der Waals surface area contributed by atoms with E-state index < -0.39 is 0 Å². The maximum Gasteiger partial charge on any atom is 0.234 e. The first-order chi connectivity index (χ1) is 9.69. The summed E-state index contributed by atoms with van der Waals surface area (Å²) in [6, 6.07) is 2.49. The van der Waals surface area contributed by atoms with E-state index in [0.717, 1.165) is 41.7 Å². The number of aryl methyl sites for hydroxylation is 2. The number of imidazole rings is 1. The van der Waals surface area contributed by atoms with Crippen LogP contribution in [0.5, 0.6) is 0 Å². The molecule has 5 heteroatoms. The lowest BCUT2D eigenvalue weighted by Crippen LogP contribution is -2.32. The van der Waals surface area contributed by atoms with Gasteiger partial charge in [-0.1, -0.05) is 0 Å². The number of hydrogen-bond acceptors (Lipinski definition) is 4. The van der Waals surface area contributed by atoms with Crippen LogP contribution in [0.15, 0.2) is 12.3 Å². The van der Waals surface area contributed by atoms with Gasteiger partial charge in [-0.05, 0) is 45.1 Å². The minimum Gasteiger partial charge on any atom is -0.396 e. The molecule has 5 nitrogen and oxygen atoms in total. The van der Waals surface area contributed by atoms with E-state index in [1.54, 1.807) is 0 Å². The van der Waals surface area contributed by atoms with Gasteiger partial charge in [0.15, 0.2) is 0 Å². The van der Waals surface area contributed by atoms with Crippen molar-refractivity contribution >= 4 is 5.78 Å². The fourth-order valence-corrected chi connectivity index (χ4v) is 2.90. The Bertz CT molecular complexity index is 603. The molecule has 3 rings (SSSR count). The van der Waals surface area contributed by atoms with Gasteiger partial charge in [-0.3, -0.25) is 4.40 Å². The van der Waals surface area contributed by atoms with Crippen molar-refractivity contribution in [3.8, 4) is 0 Å². The minimum absolute atomic E-state index is 0.251. The topological polar surface area (TPSA) is 62.5 Å². The summed E-state index contributed by atoms with van der Waals surface area (Å²) in [5.74, 6) is 1.51. The summed E-state index contributed by atoms with van der Waals surface area (Å²) < 4.78 is 2.10. The van der Waals surface area contributed by atoms with E-state index in [2.05, 4.69) is 32.7 Å². The zero-order valence-corrected chi connectivity index (χ0v) is 12.1. The third-order valence-corrected chi connectivity index (χ3v) is 4.04. The van der Waals surface area contributed by atoms with Gasteiger partial charge in [-0.2, -0.15) is 0 Å². The highest BCUT2D eigenvalue weighted by Gasteiger charge is 2.30. The molecule has 1 aliphatic carbocycles. The van der Waals surface area contributed by atoms with Gasteiger partial charge in [-0.25, -0.2) is 9.97 Å². The van der Waals surface area contributed by atoms with Gasteiger partial charge in [0.1, 0.15) is 0 Å². The molecule has 0 radical (unpaired) electrons. The Morgan fingerprint density at radius 2 is 2.25 bits per heavy atom. The van der Waals surface area contributed by atoms with Gasteiger partial charge in [0, 0.05) is 30.6 Å². The lowest BCUT2D eigenvalue weighted by molar-refractivity contribution is 0.255. The van der Waals surface area contributed by atoms with Crippen molar-refractivity contribution < 1.29 is 5.11 Å². The van der Waals surface area contributed by atoms with Crippen LogP contribution >= 0.6 is 0 Å². The molecule has 2 heterocycles. The molecule has 108 valence electrons. The molecule has 0 amide bonds. The SMILES string of the molecule is Cc1cc(C)n2c(CNC(CCO)C3CC3)cnc2n1. The van der Waals surface area contributed by atoms with Crippen LogP contribution in [-0.4, -0.2) is 32.1 Å². The van der Waals surface area contributed by atoms with Gasteiger partial charge < -0.3 is 10.4 Å². The molecular formula is C15H22N4O. The highest BCUT2D eigenvalue weighted by atomic mass is 16.3. The predicted octanol–water partition coefficient (Wildman–Crippen LogP) is 1.60. The van der Waals surface area contributed by atoms with Gasteiger partial charge in [0.05, 0.1) is 11.9 Å². The van der Waals surface area contributed by atoms with Crippen LogP contribution in [0.2, 0.25) is 0 Å². The molecule has 1 unspecified atom stereocenters. The van der Waals surface area contributed by atoms with Crippen molar-refractivity contribution in [3.63, 3.8) is 0 Å². The summed E-state index contributed by atoms with van der Waals surface area (Å²) in [5, 5.41) is 12.7. The van der Waals surface area contributed by atoms with Crippen LogP contribution < -0.4 is 5.32 Å². The molecule has 2 N–H and O–H groups in total. The van der Waals surface area contributed by atoms with E-state index in [1.807, 2.05) is 13.1 Å². The van der Waals surface area contributed by atoms with Crippen molar-refractivity contribution in [1.82, 2.24) is 19.7 Å². The van der Waals surface area contributed by atoms with Crippen molar-refractivity contribution in [2.45, 2.75) is 45.7 Å². The number of hydrogen-bond donors (Lipinski definition) is 2. The van der Waals surface area contributed by atoms with Gasteiger partial charge >= 0.3 is 0 Å². The van der Waals surface area contributed by atoms with Gasteiger partial charge in [0.25, 0.3) is 0 Å². The largest absolute Gasteiger partial charge is 0.396 e. The van der Waals surface area contributed by atoms with Crippen LogP contribution in [0, 0.1) is 19.8 Å². The number of nitrogens with zero attached hydrogens (tertiary/aromatic N) is 3. The smallest absolute Gasteiger partial charge is 0.234 e. The Labute approximate surface area is 119 Å². The predicted molar refractivity (Wildman–Crippen MR) is 77.5 cm³/mol. The molecule has 0 spiro atoms. The second-order valence-corrected chi connectivity index (χ2v) is 5.76. The second-order valence-electron chi connectivity index (χ2n) is 5.76. The van der Waals surface area contributed by atoms with Gasteiger partial charge in [0.2, 0.25) is 5.78 Å². The van der Waals surface area contributed by atoms with E-state index in [1.165, 1.54) is 12.8 Å². The van der Waals surface area contributed by atoms with Crippen molar-refractivity contribution in [1.29, 1.82) is 0 Å². The first-order valence-electron chi connectivity index (χ1n) is 7.34. The van der Waals surface area contributed by atoms with Crippen molar-refractivity contribution in [2.75, 3.05) is 6.61 Å². The third-order valence-electron chi connectivity index (χ3n) is 4.04. The molecule has 2 aromatic rings. The molecule has 1 saturated carbocycles. The highest BCUT2D eigenvalue weighted by Crippen LogP contribution is 2.34. The monoisotopic (exact) mass is 274 g/mol. The summed E-state index contributed by atoms with van der Waals surface area (Å²) in [4.78, 5) is 8.84. The second kappa shape index (κ2) is 5.50. The summed E-state index contributed by atoms with van der Waals surface area (Å²) in [5.41, 5.74) is 3.29. The van der Waals surface area contributed by atoms with E-state index in [0.29, 0.717) is 6.04 Å². The number of aliphatic hydroxyl groups is 1. The minimum atomic E-state index is 0.251. The number of fused-ring (bicyclic) bond motifs is 1. The number of rotatable bonds is 6. The standard InChI is InChI=1S/C15H22N4O/c1-10-7-11(2)19-13(9-17-15(19)18-10)8-16-14(5-6-20)12-3-4-12/h7,9,12,14,16,20H,3-6,8H2,1-2H3. The van der Waals surface area contributed by atoms with Crippen LogP contribution in [0.3, 0.4) is 0 Å². The molecule has 0 saturated heterocycles. The maximum absolute atomic E-state index is 9.15. The molecule has 0 bridgehead atoms. The normalized spacial score (nSPS) is 16.8. The molecule has 1 fully saturated rings. The zero-order valence-electron chi connectivity index (χ0n) is 12.1. The summed E-state index contributed by atoms with van der Waals surface area (Å²) in [7, 11) is 0. The van der Waals surface area contributed by atoms with E-state index in [4.69, 9.17) is 5.11 Å². The fraction of sp³-hybridized carbons (Fsp3) is 0.600. The number of aliphatic hydroxyl groups excluding tert-OH is 1. The Hall–Kier alpha value is -1.46. The van der Waals surface area contributed by atoms with Gasteiger partial charge in [-0.15, -0.1) is 0 Å². The first-order valence-corrected chi connectivity index (χ1v) is 7.34. The first kappa shape index (κ1) is 13.5. The van der Waals surface area contributed by atoms with Crippen LogP contribution in [0.4, 0.5) is 0 Å². The Morgan fingerprint density at radius 1 is 1.45 bits per heavy atom. The highest BCUT2D eigenvalue weighted by molar-refractivity contribution is 5.35. The third kappa shape index (κ3) is 2.69. The molecular weight excluding hydrogens is 252 g/mol. The maximum atomic E-state index is 9.15.